The van der Waals surface area contributed by atoms with E-state index in [2.05, 4.69) is 6.92 Å². The first kappa shape index (κ1) is 28.1. The van der Waals surface area contributed by atoms with Crippen molar-refractivity contribution in [3.63, 3.8) is 0 Å². The number of carbonyl (C=O) groups excluding carboxylic acids is 1. The van der Waals surface area contributed by atoms with Crippen molar-refractivity contribution in [3.05, 3.63) is 64.0 Å². The number of aryl methyl sites for hydroxylation is 2. The van der Waals surface area contributed by atoms with E-state index in [-0.39, 0.29) is 16.7 Å². The van der Waals surface area contributed by atoms with Gasteiger partial charge in [-0.3, -0.25) is 9.59 Å². The molecule has 0 radical (unpaired) electrons. The summed E-state index contributed by atoms with van der Waals surface area (Å²) in [6, 6.07) is 12.3. The number of benzene rings is 2. The molecule has 3 rings (SSSR count). The highest BCUT2D eigenvalue weighted by Gasteiger charge is 2.15. The number of hydrogen-bond donors (Lipinski definition) is 0. The number of carbonyl (C=O) groups is 1. The van der Waals surface area contributed by atoms with Crippen molar-refractivity contribution >= 4 is 63.3 Å². The highest BCUT2D eigenvalue weighted by molar-refractivity contribution is 6.83. The van der Waals surface area contributed by atoms with Crippen LogP contribution in [0.3, 0.4) is 0 Å². The van der Waals surface area contributed by atoms with Crippen molar-refractivity contribution in [2.24, 2.45) is 0 Å². The minimum Gasteiger partial charge on any atom is -0.457 e. The maximum atomic E-state index is 12.8. The number of ether oxygens (including phenoxy) is 2. The first-order valence-electron chi connectivity index (χ1n) is 9.26. The molecule has 0 saturated carbocycles. The van der Waals surface area contributed by atoms with Crippen LogP contribution >= 0.6 is 46.4 Å². The molecule has 0 saturated heterocycles. The zero-order valence-corrected chi connectivity index (χ0v) is 20.5. The summed E-state index contributed by atoms with van der Waals surface area (Å²) in [5.74, 6) is 0.986. The molecule has 0 atom stereocenters. The van der Waals surface area contributed by atoms with Crippen molar-refractivity contribution in [2.75, 3.05) is 0 Å². The summed E-state index contributed by atoms with van der Waals surface area (Å²) >= 11 is 19.3. The SMILES string of the molecule is CCCc1ccc(Oc2c(C)oc3cc(OC(C)=O)ccc3c2=O)cc1.ClC(Cl)(Cl)Cl.O. The number of esters is 1. The van der Waals surface area contributed by atoms with Gasteiger partial charge in [0.2, 0.25) is 11.2 Å². The van der Waals surface area contributed by atoms with E-state index >= 15 is 0 Å². The first-order chi connectivity index (χ1) is 14.5. The van der Waals surface area contributed by atoms with Gasteiger partial charge < -0.3 is 19.4 Å². The Bertz CT molecular complexity index is 1100. The molecule has 1 heterocycles. The molecule has 2 N–H and O–H groups in total. The molecule has 0 spiro atoms. The Kier molecular flexibility index (Phi) is 10.8. The van der Waals surface area contributed by atoms with Crippen molar-refractivity contribution in [3.8, 4) is 17.2 Å². The van der Waals surface area contributed by atoms with E-state index in [1.807, 2.05) is 24.3 Å². The molecule has 0 aliphatic carbocycles. The largest absolute Gasteiger partial charge is 0.457 e. The quantitative estimate of drug-likeness (QED) is 0.216. The van der Waals surface area contributed by atoms with Gasteiger partial charge in [0.1, 0.15) is 22.8 Å². The number of hydrogen-bond acceptors (Lipinski definition) is 5. The van der Waals surface area contributed by atoms with Crippen LogP contribution in [-0.2, 0) is 11.2 Å². The van der Waals surface area contributed by atoms with Gasteiger partial charge in [-0.15, -0.1) is 0 Å². The molecule has 0 unspecified atom stereocenters. The van der Waals surface area contributed by atoms with E-state index in [4.69, 9.17) is 60.3 Å². The Morgan fingerprint density at radius 3 is 2.12 bits per heavy atom. The topological polar surface area (TPSA) is 97.2 Å². The maximum absolute atomic E-state index is 12.8. The predicted octanol–water partition coefficient (Wildman–Crippen LogP) is 6.50. The Balaban J connectivity index is 0.000000770. The minimum atomic E-state index is -1.61. The summed E-state index contributed by atoms with van der Waals surface area (Å²) in [7, 11) is 0. The van der Waals surface area contributed by atoms with E-state index in [0.29, 0.717) is 28.2 Å². The van der Waals surface area contributed by atoms with Crippen molar-refractivity contribution in [2.45, 2.75) is 36.9 Å². The van der Waals surface area contributed by atoms with E-state index in [1.54, 1.807) is 19.1 Å². The van der Waals surface area contributed by atoms with Gasteiger partial charge in [-0.1, -0.05) is 71.9 Å². The zero-order chi connectivity index (χ0) is 23.2. The van der Waals surface area contributed by atoms with E-state index in [0.717, 1.165) is 12.8 Å². The molecule has 3 aromatic rings. The molecule has 0 fully saturated rings. The highest BCUT2D eigenvalue weighted by atomic mass is 35.6. The lowest BCUT2D eigenvalue weighted by Crippen LogP contribution is -2.08. The molecule has 6 nitrogen and oxygen atoms in total. The minimum absolute atomic E-state index is 0. The lowest BCUT2D eigenvalue weighted by molar-refractivity contribution is -0.131. The maximum Gasteiger partial charge on any atom is 0.308 e. The van der Waals surface area contributed by atoms with E-state index in [9.17, 15) is 9.59 Å². The number of fused-ring (bicyclic) bond motifs is 1. The van der Waals surface area contributed by atoms with Gasteiger partial charge in [0.05, 0.1) is 5.39 Å². The second-order valence-corrected chi connectivity index (χ2v) is 9.92. The molecule has 0 bridgehead atoms. The van der Waals surface area contributed by atoms with Crippen LogP contribution in [0.4, 0.5) is 0 Å². The third-order valence-electron chi connectivity index (χ3n) is 3.93. The molecule has 174 valence electrons. The normalized spacial score (nSPS) is 10.6. The number of alkyl halides is 4. The molecule has 32 heavy (non-hydrogen) atoms. The summed E-state index contributed by atoms with van der Waals surface area (Å²) < 4.78 is 14.9. The van der Waals surface area contributed by atoms with Gasteiger partial charge in [0, 0.05) is 13.0 Å². The lowest BCUT2D eigenvalue weighted by atomic mass is 10.1. The Hall–Kier alpha value is -1.96. The van der Waals surface area contributed by atoms with Crippen molar-refractivity contribution < 1.29 is 24.2 Å². The standard InChI is InChI=1S/C21H20O5.CCl4.H2O/c1-4-5-15-6-8-16(9-7-15)26-21-13(2)24-19-12-17(25-14(3)22)10-11-18(19)20(21)23;2-1(3,4)5;/h6-12H,4-5H2,1-3H3;;1H2. The Labute approximate surface area is 205 Å². The zero-order valence-electron chi connectivity index (χ0n) is 17.5. The molecule has 1 aromatic heterocycles. The second-order valence-electron chi connectivity index (χ2n) is 6.49. The van der Waals surface area contributed by atoms with Crippen LogP contribution in [0.25, 0.3) is 11.0 Å². The van der Waals surface area contributed by atoms with Crippen LogP contribution < -0.4 is 14.9 Å². The smallest absolute Gasteiger partial charge is 0.308 e. The van der Waals surface area contributed by atoms with Gasteiger partial charge >= 0.3 is 5.97 Å². The number of rotatable bonds is 5. The Morgan fingerprint density at radius 1 is 1.03 bits per heavy atom. The van der Waals surface area contributed by atoms with E-state index in [1.165, 1.54) is 18.6 Å². The van der Waals surface area contributed by atoms with Crippen LogP contribution in [-0.4, -0.2) is 14.7 Å². The summed E-state index contributed by atoms with van der Waals surface area (Å²) in [5.41, 5.74) is 1.30. The summed E-state index contributed by atoms with van der Waals surface area (Å²) in [6.45, 7) is 5.11. The fourth-order valence-electron chi connectivity index (χ4n) is 2.75. The summed E-state index contributed by atoms with van der Waals surface area (Å²) in [4.78, 5) is 23.8. The average molecular weight is 524 g/mol. The third kappa shape index (κ3) is 8.88. The van der Waals surface area contributed by atoms with Crippen LogP contribution in [0.15, 0.2) is 51.7 Å². The van der Waals surface area contributed by atoms with Crippen molar-refractivity contribution in [1.82, 2.24) is 0 Å². The van der Waals surface area contributed by atoms with Crippen LogP contribution in [0, 0.1) is 6.92 Å². The summed E-state index contributed by atoms with van der Waals surface area (Å²) in [5, 5.41) is 0.365. The molecule has 0 amide bonds. The van der Waals surface area contributed by atoms with Gasteiger partial charge in [0.15, 0.2) is 0 Å². The Morgan fingerprint density at radius 2 is 1.59 bits per heavy atom. The van der Waals surface area contributed by atoms with E-state index < -0.39 is 9.22 Å². The third-order valence-corrected chi connectivity index (χ3v) is 3.93. The first-order valence-corrected chi connectivity index (χ1v) is 10.8. The molecular weight excluding hydrogens is 502 g/mol. The molecular formula is C22H22Cl4O6. The van der Waals surface area contributed by atoms with Gasteiger partial charge in [0.25, 0.3) is 3.25 Å². The average Bonchev–Trinajstić information content (AvgIpc) is 2.65. The van der Waals surface area contributed by atoms with Gasteiger partial charge in [-0.25, -0.2) is 0 Å². The van der Waals surface area contributed by atoms with Gasteiger partial charge in [-0.2, -0.15) is 0 Å². The fourth-order valence-corrected chi connectivity index (χ4v) is 2.75. The van der Waals surface area contributed by atoms with Crippen LogP contribution in [0.5, 0.6) is 17.2 Å². The molecule has 0 aliphatic heterocycles. The highest BCUT2D eigenvalue weighted by Crippen LogP contribution is 2.30. The van der Waals surface area contributed by atoms with Crippen LogP contribution in [0.2, 0.25) is 0 Å². The van der Waals surface area contributed by atoms with Gasteiger partial charge in [-0.05, 0) is 43.2 Å². The monoisotopic (exact) mass is 522 g/mol. The number of halogens is 4. The molecule has 2 aromatic carbocycles. The van der Waals surface area contributed by atoms with Crippen molar-refractivity contribution in [1.29, 1.82) is 0 Å². The second kappa shape index (κ2) is 12.3. The van der Waals surface area contributed by atoms with Crippen LogP contribution in [0.1, 0.15) is 31.6 Å². The lowest BCUT2D eigenvalue weighted by Gasteiger charge is -2.10. The molecule has 10 heteroatoms. The summed E-state index contributed by atoms with van der Waals surface area (Å²) in [6.07, 6.45) is 2.07. The predicted molar refractivity (Wildman–Crippen MR) is 129 cm³/mol. The molecule has 0 aliphatic rings. The fraction of sp³-hybridized carbons (Fsp3) is 0.273.